The molecule has 2 N–H and O–H groups in total. The van der Waals surface area contributed by atoms with Crippen LogP contribution in [0.2, 0.25) is 0 Å². The molecule has 0 aromatic carbocycles. The van der Waals surface area contributed by atoms with Crippen molar-refractivity contribution in [3.8, 4) is 0 Å². The number of hydrogen-bond donors (Lipinski definition) is 2. The number of carbonyl (C=O) groups is 1. The van der Waals surface area contributed by atoms with Crippen LogP contribution in [-0.2, 0) is 14.3 Å². The Morgan fingerprint density at radius 3 is 2.46 bits per heavy atom. The summed E-state index contributed by atoms with van der Waals surface area (Å²) >= 11 is 0. The van der Waals surface area contributed by atoms with Gasteiger partial charge in [-0.2, -0.15) is 0 Å². The van der Waals surface area contributed by atoms with Crippen LogP contribution >= 0.6 is 0 Å². The van der Waals surface area contributed by atoms with Crippen molar-refractivity contribution < 1.29 is 24.5 Å². The smallest absolute Gasteiger partial charge is 0.331 e. The first kappa shape index (κ1) is 12.3. The van der Waals surface area contributed by atoms with Gasteiger partial charge in [-0.1, -0.05) is 0 Å². The lowest BCUT2D eigenvalue weighted by atomic mass is 10.2. The van der Waals surface area contributed by atoms with Gasteiger partial charge >= 0.3 is 5.97 Å². The maximum absolute atomic E-state index is 10.4. The molecule has 0 fully saturated rings. The molecule has 0 aliphatic rings. The monoisotopic (exact) mass is 192 g/mol. The fourth-order valence-electron chi connectivity index (χ4n) is 0.582. The molecule has 0 saturated carbocycles. The first-order chi connectivity index (χ1) is 5.95. The van der Waals surface area contributed by atoms with Crippen molar-refractivity contribution in [3.05, 3.63) is 0 Å². The van der Waals surface area contributed by atoms with Crippen LogP contribution in [0, 0.1) is 0 Å². The largest absolute Gasteiger partial charge is 0.462 e. The van der Waals surface area contributed by atoms with Gasteiger partial charge in [-0.15, -0.1) is 0 Å². The van der Waals surface area contributed by atoms with Gasteiger partial charge in [0.15, 0.2) is 0 Å². The highest BCUT2D eigenvalue weighted by atomic mass is 16.6. The first-order valence-electron chi connectivity index (χ1n) is 4.02. The van der Waals surface area contributed by atoms with Crippen LogP contribution in [0.5, 0.6) is 0 Å². The van der Waals surface area contributed by atoms with Gasteiger partial charge in [0, 0.05) is 0 Å². The van der Waals surface area contributed by atoms with Crippen LogP contribution in [0.4, 0.5) is 0 Å². The topological polar surface area (TPSA) is 76.0 Å². The van der Waals surface area contributed by atoms with E-state index in [9.17, 15) is 9.90 Å². The molecular weight excluding hydrogens is 176 g/mol. The Morgan fingerprint density at radius 2 is 2.00 bits per heavy atom. The number of aliphatic hydroxyl groups is 2. The molecule has 13 heavy (non-hydrogen) atoms. The molecule has 0 atom stereocenters. The van der Waals surface area contributed by atoms with Gasteiger partial charge in [0.1, 0.15) is 13.2 Å². The zero-order valence-electron chi connectivity index (χ0n) is 7.95. The van der Waals surface area contributed by atoms with Crippen LogP contribution in [-0.4, -0.2) is 48.2 Å². The summed E-state index contributed by atoms with van der Waals surface area (Å²) < 4.78 is 9.49. The molecule has 0 heterocycles. The average molecular weight is 192 g/mol. The molecule has 0 aromatic rings. The zero-order valence-corrected chi connectivity index (χ0v) is 7.95. The van der Waals surface area contributed by atoms with E-state index in [1.54, 1.807) is 13.8 Å². The molecule has 0 aromatic heterocycles. The van der Waals surface area contributed by atoms with Gasteiger partial charge in [-0.3, -0.25) is 0 Å². The highest BCUT2D eigenvalue weighted by Gasteiger charge is 2.11. The normalized spacial score (nSPS) is 11.4. The number of hydrogen-bond acceptors (Lipinski definition) is 5. The van der Waals surface area contributed by atoms with E-state index in [1.165, 1.54) is 0 Å². The molecule has 0 unspecified atom stereocenters. The predicted molar refractivity (Wildman–Crippen MR) is 45.2 cm³/mol. The third kappa shape index (κ3) is 9.26. The molecule has 0 spiro atoms. The highest BCUT2D eigenvalue weighted by molar-refractivity contribution is 5.70. The van der Waals surface area contributed by atoms with Crippen molar-refractivity contribution in [2.24, 2.45) is 0 Å². The minimum atomic E-state index is -0.874. The molecule has 0 aliphatic carbocycles. The summed E-state index contributed by atoms with van der Waals surface area (Å²) in [5.41, 5.74) is -0.874. The standard InChI is InChI=1S/C8H16O5/c1-8(2,11)6-12-3-4-13-7(10)5-9/h9,11H,3-6H2,1-2H3. The van der Waals surface area contributed by atoms with E-state index >= 15 is 0 Å². The Hall–Kier alpha value is -0.650. The Balaban J connectivity index is 3.22. The molecule has 0 radical (unpaired) electrons. The van der Waals surface area contributed by atoms with E-state index in [4.69, 9.17) is 9.84 Å². The van der Waals surface area contributed by atoms with Crippen molar-refractivity contribution in [1.82, 2.24) is 0 Å². The van der Waals surface area contributed by atoms with Crippen LogP contribution in [0.3, 0.4) is 0 Å². The lowest BCUT2D eigenvalue weighted by Gasteiger charge is -2.16. The van der Waals surface area contributed by atoms with Crippen molar-refractivity contribution >= 4 is 5.97 Å². The number of rotatable bonds is 6. The summed E-state index contributed by atoms with van der Waals surface area (Å²) in [6.07, 6.45) is 0. The summed E-state index contributed by atoms with van der Waals surface area (Å²) in [7, 11) is 0. The summed E-state index contributed by atoms with van der Waals surface area (Å²) in [5.74, 6) is -0.674. The second-order valence-electron chi connectivity index (χ2n) is 3.24. The zero-order chi connectivity index (χ0) is 10.3. The van der Waals surface area contributed by atoms with E-state index in [2.05, 4.69) is 4.74 Å². The quantitative estimate of drug-likeness (QED) is 0.430. The molecule has 78 valence electrons. The Morgan fingerprint density at radius 1 is 1.38 bits per heavy atom. The van der Waals surface area contributed by atoms with Gasteiger partial charge in [0.25, 0.3) is 0 Å². The average Bonchev–Trinajstić information content (AvgIpc) is 2.01. The van der Waals surface area contributed by atoms with Crippen molar-refractivity contribution in [1.29, 1.82) is 0 Å². The Bertz CT molecular complexity index is 149. The molecular formula is C8H16O5. The first-order valence-corrected chi connectivity index (χ1v) is 4.02. The van der Waals surface area contributed by atoms with Gasteiger partial charge in [-0.05, 0) is 13.8 Å². The van der Waals surface area contributed by atoms with Crippen LogP contribution in [0.25, 0.3) is 0 Å². The fourth-order valence-corrected chi connectivity index (χ4v) is 0.582. The van der Waals surface area contributed by atoms with Gasteiger partial charge < -0.3 is 19.7 Å². The minimum Gasteiger partial charge on any atom is -0.462 e. The van der Waals surface area contributed by atoms with Crippen molar-refractivity contribution in [2.75, 3.05) is 26.4 Å². The predicted octanol–water partition coefficient (Wildman–Crippen LogP) is -0.691. The molecule has 0 bridgehead atoms. The Kier molecular flexibility index (Phi) is 5.61. The summed E-state index contributed by atoms with van der Waals surface area (Å²) in [6.45, 7) is 3.11. The maximum Gasteiger partial charge on any atom is 0.331 e. The maximum atomic E-state index is 10.4. The van der Waals surface area contributed by atoms with Crippen LogP contribution in [0.1, 0.15) is 13.8 Å². The van der Waals surface area contributed by atoms with E-state index in [1.807, 2.05) is 0 Å². The van der Waals surface area contributed by atoms with E-state index in [0.29, 0.717) is 0 Å². The summed E-state index contributed by atoms with van der Waals surface area (Å²) in [5, 5.41) is 17.5. The number of aliphatic hydroxyl groups excluding tert-OH is 1. The molecule has 5 heteroatoms. The second kappa shape index (κ2) is 5.90. The van der Waals surface area contributed by atoms with Gasteiger partial charge in [0.2, 0.25) is 0 Å². The van der Waals surface area contributed by atoms with E-state index in [-0.39, 0.29) is 19.8 Å². The van der Waals surface area contributed by atoms with Crippen molar-refractivity contribution in [3.63, 3.8) is 0 Å². The third-order valence-electron chi connectivity index (χ3n) is 1.08. The van der Waals surface area contributed by atoms with E-state index < -0.39 is 18.2 Å². The third-order valence-corrected chi connectivity index (χ3v) is 1.08. The Labute approximate surface area is 77.3 Å². The summed E-state index contributed by atoms with van der Waals surface area (Å²) in [6, 6.07) is 0. The molecule has 5 nitrogen and oxygen atoms in total. The molecule has 0 amide bonds. The van der Waals surface area contributed by atoms with Gasteiger partial charge in [-0.25, -0.2) is 4.79 Å². The number of esters is 1. The fraction of sp³-hybridized carbons (Fsp3) is 0.875. The van der Waals surface area contributed by atoms with Crippen molar-refractivity contribution in [2.45, 2.75) is 19.4 Å². The molecule has 0 saturated heterocycles. The highest BCUT2D eigenvalue weighted by Crippen LogP contribution is 2.00. The molecule has 0 aliphatic heterocycles. The lowest BCUT2D eigenvalue weighted by Crippen LogP contribution is -2.27. The lowest BCUT2D eigenvalue weighted by molar-refractivity contribution is -0.149. The number of ether oxygens (including phenoxy) is 2. The van der Waals surface area contributed by atoms with E-state index in [0.717, 1.165) is 0 Å². The second-order valence-corrected chi connectivity index (χ2v) is 3.24. The molecule has 0 rings (SSSR count). The van der Waals surface area contributed by atoms with Crippen LogP contribution in [0.15, 0.2) is 0 Å². The SMILES string of the molecule is CC(C)(O)COCCOC(=O)CO. The minimum absolute atomic E-state index is 0.0927. The van der Waals surface area contributed by atoms with Gasteiger partial charge in [0.05, 0.1) is 18.8 Å². The number of carbonyl (C=O) groups excluding carboxylic acids is 1. The van der Waals surface area contributed by atoms with Crippen LogP contribution < -0.4 is 0 Å². The summed E-state index contributed by atoms with van der Waals surface area (Å²) in [4.78, 5) is 10.4.